The molecule has 24 heavy (non-hydrogen) atoms. The molecule has 2 rings (SSSR count). The Hall–Kier alpha value is -1.14. The molecule has 2 N–H and O–H groups in total. The molecular weight excluding hydrogens is 320 g/mol. The monoisotopic (exact) mass is 352 g/mol. The first-order valence-corrected chi connectivity index (χ1v) is 9.65. The molecule has 5 nitrogen and oxygen atoms in total. The molecule has 0 saturated heterocycles. The summed E-state index contributed by atoms with van der Waals surface area (Å²) in [5.41, 5.74) is 1.64. The Balaban J connectivity index is 1.81. The number of nitrogens with zero attached hydrogens (tertiary/aromatic N) is 2. The van der Waals surface area contributed by atoms with Crippen LogP contribution >= 0.6 is 11.3 Å². The van der Waals surface area contributed by atoms with Crippen LogP contribution in [0.4, 0.5) is 0 Å². The summed E-state index contributed by atoms with van der Waals surface area (Å²) in [5.74, 6) is 0.853. The molecule has 1 aromatic rings. The molecule has 0 bridgehead atoms. The van der Waals surface area contributed by atoms with Crippen molar-refractivity contribution in [3.05, 3.63) is 16.1 Å². The van der Waals surface area contributed by atoms with Crippen LogP contribution in [0.2, 0.25) is 0 Å². The minimum Gasteiger partial charge on any atom is -0.385 e. The van der Waals surface area contributed by atoms with Gasteiger partial charge in [0.25, 0.3) is 0 Å². The van der Waals surface area contributed by atoms with Gasteiger partial charge in [-0.15, -0.1) is 11.3 Å². The maximum absolute atomic E-state index is 5.26. The standard InChI is InChI=1S/C18H32N4OS/c1-17(2,3)14-12-24-15(22-14)11-20-16(19-4)21-13-18(7-6-8-18)9-10-23-5/h12H,6-11,13H2,1-5H3,(H2,19,20,21). The molecule has 6 heteroatoms. The van der Waals surface area contributed by atoms with E-state index in [1.807, 2.05) is 7.05 Å². The van der Waals surface area contributed by atoms with Gasteiger partial charge in [-0.3, -0.25) is 4.99 Å². The Morgan fingerprint density at radius 3 is 2.62 bits per heavy atom. The fourth-order valence-electron chi connectivity index (χ4n) is 2.90. The molecule has 1 aliphatic rings. The third-order valence-electron chi connectivity index (χ3n) is 4.83. The van der Waals surface area contributed by atoms with Gasteiger partial charge in [-0.2, -0.15) is 0 Å². The number of aliphatic imine (C=N–C) groups is 1. The van der Waals surface area contributed by atoms with Gasteiger partial charge in [0.2, 0.25) is 0 Å². The predicted molar refractivity (Wildman–Crippen MR) is 102 cm³/mol. The molecular formula is C18H32N4OS. The number of hydrogen-bond acceptors (Lipinski definition) is 4. The van der Waals surface area contributed by atoms with Crippen LogP contribution in [-0.2, 0) is 16.7 Å². The maximum atomic E-state index is 5.26. The van der Waals surface area contributed by atoms with E-state index in [-0.39, 0.29) is 5.41 Å². The van der Waals surface area contributed by atoms with Crippen LogP contribution in [0, 0.1) is 5.41 Å². The van der Waals surface area contributed by atoms with Gasteiger partial charge in [0, 0.05) is 38.1 Å². The Morgan fingerprint density at radius 2 is 2.12 bits per heavy atom. The zero-order valence-electron chi connectivity index (χ0n) is 15.7. The molecule has 1 aromatic heterocycles. The number of thiazole rings is 1. The molecule has 0 aromatic carbocycles. The van der Waals surface area contributed by atoms with Crippen molar-refractivity contribution in [2.45, 2.75) is 58.4 Å². The van der Waals surface area contributed by atoms with Crippen molar-refractivity contribution >= 4 is 17.3 Å². The normalized spacial score (nSPS) is 17.5. The van der Waals surface area contributed by atoms with Crippen LogP contribution in [0.5, 0.6) is 0 Å². The van der Waals surface area contributed by atoms with Crippen LogP contribution in [-0.4, -0.2) is 38.3 Å². The van der Waals surface area contributed by atoms with Gasteiger partial charge in [0.1, 0.15) is 5.01 Å². The summed E-state index contributed by atoms with van der Waals surface area (Å²) >= 11 is 1.71. The fraction of sp³-hybridized carbons (Fsp3) is 0.778. The number of nitrogens with one attached hydrogen (secondary N) is 2. The van der Waals surface area contributed by atoms with Crippen molar-refractivity contribution in [3.8, 4) is 0 Å². The van der Waals surface area contributed by atoms with E-state index in [0.717, 1.165) is 36.2 Å². The number of methoxy groups -OCH3 is 1. The molecule has 0 aliphatic heterocycles. The number of rotatable bonds is 7. The third-order valence-corrected chi connectivity index (χ3v) is 5.68. The van der Waals surface area contributed by atoms with Crippen molar-refractivity contribution in [2.24, 2.45) is 10.4 Å². The highest BCUT2D eigenvalue weighted by atomic mass is 32.1. The highest BCUT2D eigenvalue weighted by Crippen LogP contribution is 2.43. The zero-order chi connectivity index (χ0) is 17.6. The maximum Gasteiger partial charge on any atom is 0.191 e. The van der Waals surface area contributed by atoms with Crippen LogP contribution in [0.25, 0.3) is 0 Å². The molecule has 1 saturated carbocycles. The second-order valence-electron chi connectivity index (χ2n) is 7.75. The van der Waals surface area contributed by atoms with Crippen LogP contribution in [0.3, 0.4) is 0 Å². The molecule has 136 valence electrons. The van der Waals surface area contributed by atoms with Gasteiger partial charge in [-0.1, -0.05) is 27.2 Å². The van der Waals surface area contributed by atoms with E-state index in [1.165, 1.54) is 19.3 Å². The van der Waals surface area contributed by atoms with E-state index in [1.54, 1.807) is 18.4 Å². The van der Waals surface area contributed by atoms with Gasteiger partial charge < -0.3 is 15.4 Å². The molecule has 0 spiro atoms. The molecule has 1 fully saturated rings. The number of aromatic nitrogens is 1. The highest BCUT2D eigenvalue weighted by Gasteiger charge is 2.36. The van der Waals surface area contributed by atoms with Gasteiger partial charge >= 0.3 is 0 Å². The summed E-state index contributed by atoms with van der Waals surface area (Å²) in [5, 5.41) is 10.1. The van der Waals surface area contributed by atoms with Crippen molar-refractivity contribution in [1.29, 1.82) is 0 Å². The molecule has 1 aliphatic carbocycles. The van der Waals surface area contributed by atoms with E-state index in [2.05, 4.69) is 41.8 Å². The molecule has 0 radical (unpaired) electrons. The van der Waals surface area contributed by atoms with Crippen LogP contribution in [0.1, 0.15) is 57.2 Å². The minimum atomic E-state index is 0.104. The quantitative estimate of drug-likeness (QED) is 0.584. The Labute approximate surface area is 150 Å². The van der Waals surface area contributed by atoms with Gasteiger partial charge in [-0.05, 0) is 24.7 Å². The SMILES string of the molecule is CN=C(NCc1nc(C(C)(C)C)cs1)NCC1(CCOC)CCC1. The second kappa shape index (κ2) is 8.30. The van der Waals surface area contributed by atoms with E-state index in [0.29, 0.717) is 12.0 Å². The lowest BCUT2D eigenvalue weighted by Crippen LogP contribution is -2.46. The number of hydrogen-bond donors (Lipinski definition) is 2. The summed E-state index contributed by atoms with van der Waals surface area (Å²) in [6, 6.07) is 0. The summed E-state index contributed by atoms with van der Waals surface area (Å²) in [4.78, 5) is 9.06. The number of ether oxygens (including phenoxy) is 1. The molecule has 0 unspecified atom stereocenters. The van der Waals surface area contributed by atoms with Crippen LogP contribution < -0.4 is 10.6 Å². The second-order valence-corrected chi connectivity index (χ2v) is 8.69. The summed E-state index contributed by atoms with van der Waals surface area (Å²) in [6.45, 7) is 9.09. The van der Waals surface area contributed by atoms with Crippen LogP contribution in [0.15, 0.2) is 10.4 Å². The number of guanidine groups is 1. The summed E-state index contributed by atoms with van der Waals surface area (Å²) in [7, 11) is 3.60. The first-order valence-electron chi connectivity index (χ1n) is 8.77. The van der Waals surface area contributed by atoms with Crippen molar-refractivity contribution in [3.63, 3.8) is 0 Å². The highest BCUT2D eigenvalue weighted by molar-refractivity contribution is 7.09. The Bertz CT molecular complexity index is 543. The lowest BCUT2D eigenvalue weighted by Gasteiger charge is -2.42. The lowest BCUT2D eigenvalue weighted by molar-refractivity contribution is 0.0732. The predicted octanol–water partition coefficient (Wildman–Crippen LogP) is 3.31. The minimum absolute atomic E-state index is 0.104. The average Bonchev–Trinajstić information content (AvgIpc) is 2.97. The summed E-state index contributed by atoms with van der Waals surface area (Å²) < 4.78 is 5.26. The van der Waals surface area contributed by atoms with E-state index in [9.17, 15) is 0 Å². The molecule has 0 atom stereocenters. The first-order chi connectivity index (χ1) is 11.4. The Kier molecular flexibility index (Phi) is 6.63. The van der Waals surface area contributed by atoms with Crippen molar-refractivity contribution < 1.29 is 4.74 Å². The molecule has 1 heterocycles. The third kappa shape index (κ3) is 5.18. The van der Waals surface area contributed by atoms with Crippen molar-refractivity contribution in [1.82, 2.24) is 15.6 Å². The first kappa shape index (κ1) is 19.2. The van der Waals surface area contributed by atoms with Gasteiger partial charge in [0.05, 0.1) is 12.2 Å². The largest absolute Gasteiger partial charge is 0.385 e. The molecule has 0 amide bonds. The van der Waals surface area contributed by atoms with E-state index in [4.69, 9.17) is 9.72 Å². The topological polar surface area (TPSA) is 58.5 Å². The van der Waals surface area contributed by atoms with E-state index < -0.39 is 0 Å². The van der Waals surface area contributed by atoms with Gasteiger partial charge in [-0.25, -0.2) is 4.98 Å². The smallest absolute Gasteiger partial charge is 0.191 e. The zero-order valence-corrected chi connectivity index (χ0v) is 16.6. The summed E-state index contributed by atoms with van der Waals surface area (Å²) in [6.07, 6.45) is 5.00. The van der Waals surface area contributed by atoms with E-state index >= 15 is 0 Å². The van der Waals surface area contributed by atoms with Crippen molar-refractivity contribution in [2.75, 3.05) is 27.3 Å². The van der Waals surface area contributed by atoms with Gasteiger partial charge in [0.15, 0.2) is 5.96 Å². The fourth-order valence-corrected chi connectivity index (χ4v) is 3.86. The lowest BCUT2D eigenvalue weighted by atomic mass is 9.67. The average molecular weight is 353 g/mol. The Morgan fingerprint density at radius 1 is 1.38 bits per heavy atom.